The van der Waals surface area contributed by atoms with Gasteiger partial charge in [0.2, 0.25) is 0 Å². The number of non-ortho nitro benzene ring substituents is 2. The summed E-state index contributed by atoms with van der Waals surface area (Å²) in [7, 11) is 0. The SMILES string of the molecule is CC(C)c1ccc(Sc2ccc(C(C)C)cc2-c2ccc(N)cc2N)c(-c2ccc(N)cc2N)c1.Nc1ccc(-c2cccc(Sc3cccc(-c4ccc(N)cc4)c3Cl)c2Cl)cc1.O=[N+]([O-])c1ccc(-c2cc(Cl)ccc2Sc2ccc(Cl)cc2-c2ccc([N+](=O)[O-])cc2[N+](=O)[O-])c([N+](=O)[O-])c1. The number of nitrogens with two attached hydrogens (primary N) is 6. The molecule has 12 N–H and O–H groups in total. The molecule has 520 valence electrons. The monoisotopic (exact) mass is 1500 g/mol. The van der Waals surface area contributed by atoms with Gasteiger partial charge in [-0.1, -0.05) is 182 Å². The molecule has 0 radical (unpaired) electrons. The van der Waals surface area contributed by atoms with Crippen LogP contribution in [0.4, 0.5) is 56.9 Å². The molecule has 0 aliphatic rings. The Hall–Kier alpha value is -10.7. The molecule has 18 nitrogen and oxygen atoms in total. The molecule has 0 fully saturated rings. The molecule has 12 rings (SSSR count). The summed E-state index contributed by atoms with van der Waals surface area (Å²) in [6.45, 7) is 8.80. The van der Waals surface area contributed by atoms with Crippen molar-refractivity contribution in [3.8, 4) is 66.8 Å². The third-order valence-corrected chi connectivity index (χ3v) is 21.3. The summed E-state index contributed by atoms with van der Waals surface area (Å²) < 4.78 is 0. The Kier molecular flexibility index (Phi) is 23.9. The van der Waals surface area contributed by atoms with Gasteiger partial charge in [0.25, 0.3) is 22.7 Å². The van der Waals surface area contributed by atoms with Crippen molar-refractivity contribution in [1.29, 1.82) is 0 Å². The molecule has 0 aliphatic heterocycles. The van der Waals surface area contributed by atoms with Crippen LogP contribution in [0.1, 0.15) is 50.7 Å². The van der Waals surface area contributed by atoms with Gasteiger partial charge in [0.05, 0.1) is 53.0 Å². The Labute approximate surface area is 625 Å². The summed E-state index contributed by atoms with van der Waals surface area (Å²) in [4.78, 5) is 48.0. The van der Waals surface area contributed by atoms with Crippen LogP contribution in [0, 0.1) is 40.5 Å². The van der Waals surface area contributed by atoms with E-state index in [-0.39, 0.29) is 32.3 Å². The molecule has 0 atom stereocenters. The molecule has 0 spiro atoms. The summed E-state index contributed by atoms with van der Waals surface area (Å²) in [5.74, 6) is 0.802. The third-order valence-electron chi connectivity index (χ3n) is 16.3. The normalized spacial score (nSPS) is 11.0. The fourth-order valence-electron chi connectivity index (χ4n) is 11.0. The van der Waals surface area contributed by atoms with Gasteiger partial charge in [-0.25, -0.2) is 0 Å². The van der Waals surface area contributed by atoms with Crippen LogP contribution in [0.15, 0.2) is 260 Å². The van der Waals surface area contributed by atoms with E-state index in [1.165, 1.54) is 47.5 Å². The Morgan fingerprint density at radius 2 is 0.621 bits per heavy atom. The fourth-order valence-corrected chi connectivity index (χ4v) is 15.1. The Morgan fingerprint density at radius 1 is 0.301 bits per heavy atom. The molecule has 12 aromatic rings. The lowest BCUT2D eigenvalue weighted by Gasteiger charge is -2.19. The second-order valence-electron chi connectivity index (χ2n) is 24.0. The van der Waals surface area contributed by atoms with E-state index in [0.717, 1.165) is 111 Å². The number of nitro benzene ring substituents is 4. The van der Waals surface area contributed by atoms with Crippen LogP contribution in [-0.4, -0.2) is 19.7 Å². The van der Waals surface area contributed by atoms with Crippen molar-refractivity contribution in [3.63, 3.8) is 0 Å². The highest BCUT2D eigenvalue weighted by Gasteiger charge is 2.27. The Bertz CT molecular complexity index is 4950. The van der Waals surface area contributed by atoms with E-state index >= 15 is 0 Å². The van der Waals surface area contributed by atoms with Crippen LogP contribution in [0.5, 0.6) is 0 Å². The van der Waals surface area contributed by atoms with E-state index in [1.807, 2.05) is 121 Å². The maximum Gasteiger partial charge on any atom is 0.284 e. The lowest BCUT2D eigenvalue weighted by molar-refractivity contribution is -0.394. The first-order valence-corrected chi connectivity index (χ1v) is 35.5. The van der Waals surface area contributed by atoms with E-state index in [2.05, 4.69) is 64.1 Å². The number of nitrogen functional groups attached to an aromatic ring is 6. The van der Waals surface area contributed by atoms with Crippen molar-refractivity contribution in [2.45, 2.75) is 68.9 Å². The van der Waals surface area contributed by atoms with Crippen LogP contribution in [0.25, 0.3) is 66.8 Å². The van der Waals surface area contributed by atoms with Crippen LogP contribution in [0.2, 0.25) is 20.1 Å². The molecule has 0 bridgehead atoms. The first kappa shape index (κ1) is 74.9. The maximum absolute atomic E-state index is 11.8. The number of hydrogen-bond acceptors (Lipinski definition) is 17. The zero-order valence-electron chi connectivity index (χ0n) is 55.3. The molecule has 0 heterocycles. The van der Waals surface area contributed by atoms with Crippen molar-refractivity contribution in [1.82, 2.24) is 0 Å². The minimum absolute atomic E-state index is 0.0624. The van der Waals surface area contributed by atoms with Gasteiger partial charge in [-0.3, -0.25) is 40.5 Å². The minimum Gasteiger partial charge on any atom is -0.399 e. The number of anilines is 6. The highest BCUT2D eigenvalue weighted by atomic mass is 35.5. The van der Waals surface area contributed by atoms with Crippen LogP contribution >= 0.6 is 81.7 Å². The third kappa shape index (κ3) is 17.9. The zero-order valence-corrected chi connectivity index (χ0v) is 60.8. The van der Waals surface area contributed by atoms with Crippen molar-refractivity contribution < 1.29 is 19.7 Å². The molecule has 0 aliphatic carbocycles. The van der Waals surface area contributed by atoms with Gasteiger partial charge in [0.15, 0.2) is 0 Å². The van der Waals surface area contributed by atoms with Gasteiger partial charge >= 0.3 is 0 Å². The molecule has 103 heavy (non-hydrogen) atoms. The summed E-state index contributed by atoms with van der Waals surface area (Å²) in [5, 5.41) is 47.8. The van der Waals surface area contributed by atoms with Gasteiger partial charge in [-0.05, 0) is 179 Å². The van der Waals surface area contributed by atoms with Crippen molar-refractivity contribution in [2.75, 3.05) is 34.4 Å². The lowest BCUT2D eigenvalue weighted by Crippen LogP contribution is -1.98. The fraction of sp³-hybridized carbons (Fsp3) is 0.0769. The molecule has 0 amide bonds. The molecule has 12 aromatic carbocycles. The number of nitrogens with zero attached hydrogens (tertiary/aromatic N) is 4. The van der Waals surface area contributed by atoms with E-state index in [9.17, 15) is 40.5 Å². The average Bonchev–Trinajstić information content (AvgIpc) is 0.791. The quantitative estimate of drug-likeness (QED) is 0.0264. The minimum atomic E-state index is -0.749. The molecule has 25 heteroatoms. The van der Waals surface area contributed by atoms with Crippen molar-refractivity contribution in [3.05, 3.63) is 302 Å². The lowest BCUT2D eigenvalue weighted by atomic mass is 9.96. The average molecular weight is 1510 g/mol. The van der Waals surface area contributed by atoms with Crippen molar-refractivity contribution in [2.24, 2.45) is 0 Å². The molecule has 0 saturated heterocycles. The number of nitro groups is 4. The number of rotatable bonds is 18. The summed E-state index contributed by atoms with van der Waals surface area (Å²) >= 11 is 30.2. The topological polar surface area (TPSA) is 329 Å². The first-order valence-electron chi connectivity index (χ1n) is 31.5. The zero-order chi connectivity index (χ0) is 74.1. The predicted molar refractivity (Wildman–Crippen MR) is 425 cm³/mol. The van der Waals surface area contributed by atoms with Gasteiger partial charge < -0.3 is 34.4 Å². The van der Waals surface area contributed by atoms with Gasteiger partial charge in [-0.15, -0.1) is 0 Å². The van der Waals surface area contributed by atoms with Gasteiger partial charge in [-0.2, -0.15) is 0 Å². The van der Waals surface area contributed by atoms with E-state index in [0.29, 0.717) is 54.4 Å². The summed E-state index contributed by atoms with van der Waals surface area (Å²) in [6.07, 6.45) is 0. The number of halogens is 4. The van der Waals surface area contributed by atoms with E-state index < -0.39 is 42.4 Å². The molecule has 0 unspecified atom stereocenters. The Morgan fingerprint density at radius 3 is 0.951 bits per heavy atom. The maximum atomic E-state index is 11.8. The van der Waals surface area contributed by atoms with E-state index in [1.54, 1.807) is 35.7 Å². The van der Waals surface area contributed by atoms with Crippen molar-refractivity contribution >= 4 is 139 Å². The Balaban J connectivity index is 0.000000168. The van der Waals surface area contributed by atoms with Gasteiger partial charge in [0.1, 0.15) is 0 Å². The molecule has 0 aromatic heterocycles. The van der Waals surface area contributed by atoms with Crippen LogP contribution in [-0.2, 0) is 0 Å². The summed E-state index contributed by atoms with van der Waals surface area (Å²) in [5.41, 5.74) is 49.9. The molecule has 0 saturated carbocycles. The van der Waals surface area contributed by atoms with E-state index in [4.69, 9.17) is 80.8 Å². The number of hydrogen-bond donors (Lipinski definition) is 6. The van der Waals surface area contributed by atoms with Gasteiger partial charge in [0, 0.05) is 119 Å². The van der Waals surface area contributed by atoms with Crippen LogP contribution in [0.3, 0.4) is 0 Å². The first-order chi connectivity index (χ1) is 49.1. The standard InChI is InChI=1S/C30H34N4S.C24H12Cl2N4O8S.C24H18Cl2N2S/c1-17(2)19-5-11-29(25(13-19)23-9-7-21(31)15-27(23)33)35-30-12-6-20(18(3)4)14-26(30)24-10-8-22(32)16-28(24)34;25-13-1-7-23(19(9-13)17-5-3-15(27(31)32)11-21(17)29(35)36)39-24-8-2-14(26)10-20(24)18-6-4-16(28(33)34)12-22(18)30(37)38;25-23-19(15-7-11-17(27)12-8-15)3-1-5-21(23)29-22-6-2-4-20(24(22)26)16-9-13-18(28)14-10-16/h5-18H,31-34H2,1-4H3;1-12H;1-14H,27-28H2. The highest BCUT2D eigenvalue weighted by molar-refractivity contribution is 8.00. The highest BCUT2D eigenvalue weighted by Crippen LogP contribution is 2.50. The second kappa shape index (κ2) is 32.9. The predicted octanol–water partition coefficient (Wildman–Crippen LogP) is 23.5. The smallest absolute Gasteiger partial charge is 0.284 e. The second-order valence-corrected chi connectivity index (χ2v) is 28.9. The summed E-state index contributed by atoms with van der Waals surface area (Å²) in [6, 6.07) is 67.7. The molecular formula is C78H64Cl4N10O8S3. The largest absolute Gasteiger partial charge is 0.399 e. The molecular weight excluding hydrogens is 1440 g/mol. The number of benzene rings is 12. The van der Waals surface area contributed by atoms with Crippen LogP contribution < -0.4 is 34.4 Å².